The fourth-order valence-corrected chi connectivity index (χ4v) is 3.24. The van der Waals surface area contributed by atoms with E-state index < -0.39 is 15.2 Å². The average Bonchev–Trinajstić information content (AvgIpc) is 2.93. The molecule has 2 rings (SSSR count). The molecule has 0 aromatic carbocycles. The van der Waals surface area contributed by atoms with E-state index >= 15 is 0 Å². The molecule has 24 heavy (non-hydrogen) atoms. The highest BCUT2D eigenvalue weighted by molar-refractivity contribution is 6.76. The summed E-state index contributed by atoms with van der Waals surface area (Å²) in [6, 6.07) is 3.24. The van der Waals surface area contributed by atoms with Crippen molar-refractivity contribution in [2.24, 2.45) is 0 Å². The molecule has 2 heterocycles. The number of rotatable bonds is 7. The number of hydrogen-bond donors (Lipinski definition) is 0. The van der Waals surface area contributed by atoms with Crippen LogP contribution in [0.4, 0.5) is 0 Å². The van der Waals surface area contributed by atoms with E-state index in [1.54, 1.807) is 0 Å². The van der Waals surface area contributed by atoms with Crippen LogP contribution in [0.25, 0.3) is 0 Å². The fourth-order valence-electron chi connectivity index (χ4n) is 2.48. The number of nitrogens with zero attached hydrogens (tertiary/aromatic N) is 2. The molecule has 136 valence electrons. The predicted octanol–water partition coefficient (Wildman–Crippen LogP) is 3.06. The highest BCUT2D eigenvalue weighted by Crippen LogP contribution is 2.36. The fraction of sp³-hybridized carbons (Fsp3) is 0.824. The zero-order valence-electron chi connectivity index (χ0n) is 16.6. The van der Waals surface area contributed by atoms with Crippen LogP contribution in [0.3, 0.4) is 0 Å². The molecule has 0 unspecified atom stereocenters. The summed E-state index contributed by atoms with van der Waals surface area (Å²) in [5, 5.41) is 4.68. The third-order valence-corrected chi connectivity index (χ3v) is 6.65. The first-order valence-electron chi connectivity index (χ1n) is 8.95. The van der Waals surface area contributed by atoms with Crippen LogP contribution in [-0.4, -0.2) is 42.8 Å². The van der Waals surface area contributed by atoms with Gasteiger partial charge in [0, 0.05) is 20.4 Å². The van der Waals surface area contributed by atoms with Crippen molar-refractivity contribution in [2.75, 3.05) is 6.61 Å². The van der Waals surface area contributed by atoms with Gasteiger partial charge in [-0.15, -0.1) is 0 Å². The SMILES string of the molecule is CCc1cc(B2OC(C)(C)C(C)(C)O2)nn1COCC[Si](C)(C)C. The Labute approximate surface area is 148 Å². The molecule has 7 heteroatoms. The van der Waals surface area contributed by atoms with Gasteiger partial charge in [0.15, 0.2) is 0 Å². The van der Waals surface area contributed by atoms with E-state index in [1.165, 1.54) is 6.04 Å². The smallest absolute Gasteiger partial charge is 0.398 e. The Balaban J connectivity index is 2.03. The molecule has 0 spiro atoms. The van der Waals surface area contributed by atoms with Crippen molar-refractivity contribution in [3.8, 4) is 0 Å². The van der Waals surface area contributed by atoms with Gasteiger partial charge in [-0.3, -0.25) is 0 Å². The molecule has 5 nitrogen and oxygen atoms in total. The molecule has 1 aliphatic rings. The van der Waals surface area contributed by atoms with Crippen molar-refractivity contribution in [1.82, 2.24) is 9.78 Å². The van der Waals surface area contributed by atoms with E-state index in [2.05, 4.69) is 65.4 Å². The second kappa shape index (κ2) is 6.94. The van der Waals surface area contributed by atoms with Crippen LogP contribution in [0, 0.1) is 0 Å². The summed E-state index contributed by atoms with van der Waals surface area (Å²) in [4.78, 5) is 0. The van der Waals surface area contributed by atoms with Crippen molar-refractivity contribution < 1.29 is 14.0 Å². The first kappa shape index (κ1) is 19.7. The summed E-state index contributed by atoms with van der Waals surface area (Å²) in [5.74, 6) is 0. The highest BCUT2D eigenvalue weighted by Gasteiger charge is 2.52. The lowest BCUT2D eigenvalue weighted by atomic mass is 9.85. The Kier molecular flexibility index (Phi) is 5.69. The van der Waals surface area contributed by atoms with Gasteiger partial charge < -0.3 is 14.0 Å². The monoisotopic (exact) mass is 352 g/mol. The Morgan fingerprint density at radius 2 is 1.75 bits per heavy atom. The maximum atomic E-state index is 6.10. The molecule has 1 aliphatic heterocycles. The predicted molar refractivity (Wildman–Crippen MR) is 101 cm³/mol. The largest absolute Gasteiger partial charge is 0.516 e. The van der Waals surface area contributed by atoms with Gasteiger partial charge in [0.05, 0.1) is 16.8 Å². The quantitative estimate of drug-likeness (QED) is 0.559. The van der Waals surface area contributed by atoms with Crippen LogP contribution >= 0.6 is 0 Å². The van der Waals surface area contributed by atoms with Crippen molar-refractivity contribution in [2.45, 2.75) is 84.7 Å². The topological polar surface area (TPSA) is 45.5 Å². The third-order valence-electron chi connectivity index (χ3n) is 4.95. The van der Waals surface area contributed by atoms with E-state index in [4.69, 9.17) is 14.0 Å². The summed E-state index contributed by atoms with van der Waals surface area (Å²) >= 11 is 0. The first-order valence-corrected chi connectivity index (χ1v) is 12.7. The summed E-state index contributed by atoms with van der Waals surface area (Å²) in [6.45, 7) is 18.7. The minimum atomic E-state index is -1.06. The van der Waals surface area contributed by atoms with Gasteiger partial charge in [0.1, 0.15) is 6.73 Å². The van der Waals surface area contributed by atoms with Gasteiger partial charge in [0.2, 0.25) is 0 Å². The molecular formula is C17H33BN2O3Si. The zero-order valence-corrected chi connectivity index (χ0v) is 17.6. The van der Waals surface area contributed by atoms with Crippen molar-refractivity contribution in [3.63, 3.8) is 0 Å². The number of aryl methyl sites for hydroxylation is 1. The lowest BCUT2D eigenvalue weighted by Gasteiger charge is -2.32. The van der Waals surface area contributed by atoms with E-state index in [1.807, 2.05) is 4.68 Å². The minimum Gasteiger partial charge on any atom is -0.398 e. The second-order valence-electron chi connectivity index (χ2n) is 8.85. The molecule has 0 bridgehead atoms. The molecule has 0 N–H and O–H groups in total. The summed E-state index contributed by atoms with van der Waals surface area (Å²) in [7, 11) is -1.47. The molecule has 1 saturated heterocycles. The molecule has 1 fully saturated rings. The molecule has 0 atom stereocenters. The van der Waals surface area contributed by atoms with Gasteiger partial charge in [-0.05, 0) is 46.2 Å². The minimum absolute atomic E-state index is 0.346. The molecule has 0 amide bonds. The van der Waals surface area contributed by atoms with Gasteiger partial charge in [-0.1, -0.05) is 26.6 Å². The molecule has 0 aliphatic carbocycles. The van der Waals surface area contributed by atoms with Crippen molar-refractivity contribution in [1.29, 1.82) is 0 Å². The second-order valence-corrected chi connectivity index (χ2v) is 14.5. The van der Waals surface area contributed by atoms with E-state index in [0.717, 1.165) is 24.3 Å². The lowest BCUT2D eigenvalue weighted by Crippen LogP contribution is -2.41. The van der Waals surface area contributed by atoms with E-state index in [9.17, 15) is 0 Å². The maximum Gasteiger partial charge on any atom is 0.516 e. The van der Waals surface area contributed by atoms with Crippen LogP contribution in [0.2, 0.25) is 25.7 Å². The van der Waals surface area contributed by atoms with Gasteiger partial charge in [0.25, 0.3) is 0 Å². The van der Waals surface area contributed by atoms with Gasteiger partial charge >= 0.3 is 7.12 Å². The zero-order chi connectivity index (χ0) is 18.2. The number of aromatic nitrogens is 2. The average molecular weight is 352 g/mol. The molecular weight excluding hydrogens is 319 g/mol. The normalized spacial score (nSPS) is 19.9. The molecule has 0 saturated carbocycles. The van der Waals surface area contributed by atoms with Crippen LogP contribution < -0.4 is 5.59 Å². The molecule has 1 aromatic heterocycles. The Morgan fingerprint density at radius 3 is 2.25 bits per heavy atom. The Hall–Kier alpha value is -0.628. The van der Waals surface area contributed by atoms with Crippen LogP contribution in [-0.2, 0) is 27.2 Å². The van der Waals surface area contributed by atoms with Crippen molar-refractivity contribution >= 4 is 20.8 Å². The van der Waals surface area contributed by atoms with Gasteiger partial charge in [-0.2, -0.15) is 5.10 Å². The maximum absolute atomic E-state index is 6.10. The third kappa shape index (κ3) is 4.50. The summed E-state index contributed by atoms with van der Waals surface area (Å²) in [6.07, 6.45) is 0.907. The van der Waals surface area contributed by atoms with Gasteiger partial charge in [-0.25, -0.2) is 4.68 Å². The molecule has 0 radical (unpaired) electrons. The number of hydrogen-bond acceptors (Lipinski definition) is 4. The Bertz CT molecular complexity index is 551. The van der Waals surface area contributed by atoms with E-state index in [0.29, 0.717) is 6.73 Å². The molecule has 1 aromatic rings. The summed E-state index contributed by atoms with van der Waals surface area (Å²) in [5.41, 5.74) is 1.29. The van der Waals surface area contributed by atoms with Crippen molar-refractivity contribution in [3.05, 3.63) is 11.8 Å². The van der Waals surface area contributed by atoms with Crippen LogP contribution in [0.5, 0.6) is 0 Å². The summed E-state index contributed by atoms with van der Waals surface area (Å²) < 4.78 is 20.0. The van der Waals surface area contributed by atoms with Crippen LogP contribution in [0.1, 0.15) is 40.3 Å². The standard InChI is InChI=1S/C17H33BN2O3Si/c1-9-14-12-15(18-22-16(2,3)17(4,5)23-18)19-20(14)13-21-10-11-24(6,7)8/h12H,9-11,13H2,1-8H3. The number of ether oxygens (including phenoxy) is 1. The van der Waals surface area contributed by atoms with Crippen LogP contribution in [0.15, 0.2) is 6.07 Å². The Morgan fingerprint density at radius 1 is 1.17 bits per heavy atom. The first-order chi connectivity index (χ1) is 11.0. The lowest BCUT2D eigenvalue weighted by molar-refractivity contribution is 0.00578. The van der Waals surface area contributed by atoms with E-state index in [-0.39, 0.29) is 11.2 Å². The highest BCUT2D eigenvalue weighted by atomic mass is 28.3.